The molecule has 0 spiro atoms. The summed E-state index contributed by atoms with van der Waals surface area (Å²) < 4.78 is 0. The van der Waals surface area contributed by atoms with Gasteiger partial charge in [-0.15, -0.1) is 0 Å². The lowest BCUT2D eigenvalue weighted by Gasteiger charge is -2.42. The summed E-state index contributed by atoms with van der Waals surface area (Å²) in [4.78, 5) is 30.3. The fraction of sp³-hybridized carbons (Fsp3) is 0.474. The van der Waals surface area contributed by atoms with Crippen LogP contribution in [0.4, 0.5) is 0 Å². The highest BCUT2D eigenvalue weighted by atomic mass is 16.3. The second-order valence-corrected chi connectivity index (χ2v) is 7.24. The van der Waals surface area contributed by atoms with Crippen molar-refractivity contribution < 1.29 is 14.7 Å². The van der Waals surface area contributed by atoms with Crippen LogP contribution in [0.2, 0.25) is 0 Å². The lowest BCUT2D eigenvalue weighted by atomic mass is 9.92. The number of benzene rings is 1. The molecule has 1 aromatic carbocycles. The van der Waals surface area contributed by atoms with Gasteiger partial charge < -0.3 is 20.3 Å². The van der Waals surface area contributed by atoms with Gasteiger partial charge in [-0.05, 0) is 24.5 Å². The van der Waals surface area contributed by atoms with Crippen molar-refractivity contribution >= 4 is 22.7 Å². The molecule has 1 aliphatic carbocycles. The van der Waals surface area contributed by atoms with Crippen molar-refractivity contribution in [1.29, 1.82) is 0 Å². The normalized spacial score (nSPS) is 19.8. The first-order valence-electron chi connectivity index (χ1n) is 8.91. The minimum Gasteiger partial charge on any atom is -0.389 e. The van der Waals surface area contributed by atoms with E-state index in [4.69, 9.17) is 0 Å². The predicted molar refractivity (Wildman–Crippen MR) is 93.9 cm³/mol. The molecular formula is C19H23N3O3. The number of aliphatic hydroxyl groups is 1. The summed E-state index contributed by atoms with van der Waals surface area (Å²) in [5, 5.41) is 13.5. The summed E-state index contributed by atoms with van der Waals surface area (Å²) in [5.41, 5.74) is 1.16. The van der Waals surface area contributed by atoms with E-state index in [1.807, 2.05) is 30.5 Å². The van der Waals surface area contributed by atoms with E-state index in [0.29, 0.717) is 25.9 Å². The summed E-state index contributed by atoms with van der Waals surface area (Å²) >= 11 is 0. The number of aromatic amines is 1. The molecule has 2 aromatic rings. The largest absolute Gasteiger partial charge is 0.389 e. The van der Waals surface area contributed by atoms with Crippen molar-refractivity contribution in [3.05, 3.63) is 36.0 Å². The van der Waals surface area contributed by atoms with Gasteiger partial charge in [-0.25, -0.2) is 0 Å². The van der Waals surface area contributed by atoms with Crippen LogP contribution < -0.4 is 5.32 Å². The number of carbonyl (C=O) groups is 2. The maximum Gasteiger partial charge on any atom is 0.248 e. The van der Waals surface area contributed by atoms with E-state index < -0.39 is 11.6 Å². The molecule has 2 amide bonds. The number of hydrogen-bond acceptors (Lipinski definition) is 3. The zero-order chi connectivity index (χ0) is 17.4. The smallest absolute Gasteiger partial charge is 0.248 e. The molecule has 25 heavy (non-hydrogen) atoms. The highest BCUT2D eigenvalue weighted by Gasteiger charge is 2.47. The number of carbonyl (C=O) groups excluding carboxylic acids is 2. The Morgan fingerprint density at radius 3 is 2.68 bits per heavy atom. The molecule has 0 atom stereocenters. The van der Waals surface area contributed by atoms with Crippen LogP contribution in [0.15, 0.2) is 30.5 Å². The number of nitrogens with zero attached hydrogens (tertiary/aromatic N) is 1. The summed E-state index contributed by atoms with van der Waals surface area (Å²) in [6, 6.07) is 7.88. The van der Waals surface area contributed by atoms with Crippen LogP contribution in [0.25, 0.3) is 10.9 Å². The first-order valence-corrected chi connectivity index (χ1v) is 8.91. The summed E-state index contributed by atoms with van der Waals surface area (Å²) in [7, 11) is 0. The minimum atomic E-state index is -0.788. The van der Waals surface area contributed by atoms with E-state index in [1.54, 1.807) is 4.90 Å². The quantitative estimate of drug-likeness (QED) is 0.784. The first-order chi connectivity index (χ1) is 12.1. The molecule has 132 valence electrons. The summed E-state index contributed by atoms with van der Waals surface area (Å²) in [5.74, 6) is -0.163. The van der Waals surface area contributed by atoms with Crippen molar-refractivity contribution in [1.82, 2.24) is 15.2 Å². The maximum absolute atomic E-state index is 12.8. The molecule has 6 nitrogen and oxygen atoms in total. The van der Waals surface area contributed by atoms with Crippen molar-refractivity contribution in [3.8, 4) is 0 Å². The number of aliphatic hydroxyl groups excluding tert-OH is 1. The van der Waals surface area contributed by atoms with E-state index >= 15 is 0 Å². The number of aromatic nitrogens is 1. The molecular weight excluding hydrogens is 318 g/mol. The first kappa shape index (κ1) is 16.1. The Morgan fingerprint density at radius 2 is 1.96 bits per heavy atom. The van der Waals surface area contributed by atoms with E-state index in [1.165, 1.54) is 0 Å². The van der Waals surface area contributed by atoms with Gasteiger partial charge in [0.25, 0.3) is 0 Å². The van der Waals surface area contributed by atoms with Crippen LogP contribution in [0, 0.1) is 0 Å². The third-order valence-corrected chi connectivity index (χ3v) is 5.42. The number of rotatable bonds is 4. The number of nitrogens with one attached hydrogen (secondary N) is 2. The van der Waals surface area contributed by atoms with Crippen molar-refractivity contribution in [2.45, 2.75) is 43.7 Å². The molecule has 0 radical (unpaired) electrons. The molecule has 2 heterocycles. The monoisotopic (exact) mass is 341 g/mol. The van der Waals surface area contributed by atoms with Gasteiger partial charge in [0, 0.05) is 30.2 Å². The van der Waals surface area contributed by atoms with Crippen molar-refractivity contribution in [3.63, 3.8) is 0 Å². The number of hydrogen-bond donors (Lipinski definition) is 3. The third kappa shape index (κ3) is 2.91. The SMILES string of the molecule is O=C(Cc1c[nH]c2ccccc12)NC1(C(=O)N2CC(O)C2)CCCC1. The summed E-state index contributed by atoms with van der Waals surface area (Å²) in [6.07, 6.45) is 4.92. The average molecular weight is 341 g/mol. The van der Waals surface area contributed by atoms with Crippen LogP contribution >= 0.6 is 0 Å². The predicted octanol–water partition coefficient (Wildman–Crippen LogP) is 1.34. The topological polar surface area (TPSA) is 85.4 Å². The van der Waals surface area contributed by atoms with Gasteiger partial charge in [-0.2, -0.15) is 0 Å². The highest BCUT2D eigenvalue weighted by molar-refractivity contribution is 5.94. The number of H-pyrrole nitrogens is 1. The number of likely N-dealkylation sites (tertiary alicyclic amines) is 1. The fourth-order valence-electron chi connectivity index (χ4n) is 4.06. The Balaban J connectivity index is 1.48. The Kier molecular flexibility index (Phi) is 4.00. The zero-order valence-corrected chi connectivity index (χ0v) is 14.1. The zero-order valence-electron chi connectivity index (χ0n) is 14.1. The second kappa shape index (κ2) is 6.19. The van der Waals surface area contributed by atoms with Gasteiger partial charge >= 0.3 is 0 Å². The Bertz CT molecular complexity index is 801. The average Bonchev–Trinajstić information content (AvgIpc) is 3.20. The second-order valence-electron chi connectivity index (χ2n) is 7.24. The van der Waals surface area contributed by atoms with E-state index in [0.717, 1.165) is 29.3 Å². The van der Waals surface area contributed by atoms with Gasteiger partial charge in [-0.1, -0.05) is 31.0 Å². The van der Waals surface area contributed by atoms with Crippen LogP contribution in [-0.4, -0.2) is 51.5 Å². The fourth-order valence-corrected chi connectivity index (χ4v) is 4.06. The number of amides is 2. The Labute approximate surface area is 146 Å². The molecule has 3 N–H and O–H groups in total. The van der Waals surface area contributed by atoms with Crippen LogP contribution in [0.1, 0.15) is 31.2 Å². The molecule has 2 fully saturated rings. The van der Waals surface area contributed by atoms with E-state index in [9.17, 15) is 14.7 Å². The number of fused-ring (bicyclic) bond motifs is 1. The molecule has 0 unspecified atom stereocenters. The van der Waals surface area contributed by atoms with Crippen LogP contribution in [0.5, 0.6) is 0 Å². The van der Waals surface area contributed by atoms with E-state index in [2.05, 4.69) is 10.3 Å². The van der Waals surface area contributed by atoms with Crippen molar-refractivity contribution in [2.24, 2.45) is 0 Å². The van der Waals surface area contributed by atoms with Gasteiger partial charge in [0.05, 0.1) is 12.5 Å². The lowest BCUT2D eigenvalue weighted by Crippen LogP contribution is -2.64. The van der Waals surface area contributed by atoms with E-state index in [-0.39, 0.29) is 18.2 Å². The molecule has 1 aliphatic heterocycles. The number of β-amino-alcohol motifs (C(OH)–C–C–N with tert-alkyl or cyclic N) is 1. The molecule has 4 rings (SSSR count). The van der Waals surface area contributed by atoms with Gasteiger partial charge in [0.2, 0.25) is 11.8 Å². The maximum atomic E-state index is 12.8. The van der Waals surface area contributed by atoms with Gasteiger partial charge in [0.15, 0.2) is 0 Å². The highest BCUT2D eigenvalue weighted by Crippen LogP contribution is 2.33. The molecule has 1 saturated heterocycles. The standard InChI is InChI=1S/C19H23N3O3/c23-14-11-22(12-14)18(25)19(7-3-4-8-19)21-17(24)9-13-10-20-16-6-2-1-5-15(13)16/h1-2,5-6,10,14,20,23H,3-4,7-9,11-12H2,(H,21,24). The molecule has 1 aromatic heterocycles. The molecule has 2 aliphatic rings. The molecule has 6 heteroatoms. The summed E-state index contributed by atoms with van der Waals surface area (Å²) in [6.45, 7) is 0.748. The Morgan fingerprint density at radius 1 is 1.24 bits per heavy atom. The Hall–Kier alpha value is -2.34. The van der Waals surface area contributed by atoms with Crippen LogP contribution in [0.3, 0.4) is 0 Å². The van der Waals surface area contributed by atoms with Crippen molar-refractivity contribution in [2.75, 3.05) is 13.1 Å². The number of para-hydroxylation sites is 1. The van der Waals surface area contributed by atoms with Gasteiger partial charge in [-0.3, -0.25) is 9.59 Å². The lowest BCUT2D eigenvalue weighted by molar-refractivity contribution is -0.150. The minimum absolute atomic E-state index is 0.0393. The molecule has 1 saturated carbocycles. The van der Waals surface area contributed by atoms with Crippen LogP contribution in [-0.2, 0) is 16.0 Å². The molecule has 0 bridgehead atoms. The van der Waals surface area contributed by atoms with Gasteiger partial charge in [0.1, 0.15) is 5.54 Å². The third-order valence-electron chi connectivity index (χ3n) is 5.42.